The van der Waals surface area contributed by atoms with Crippen LogP contribution in [0.5, 0.6) is 5.75 Å². The molecule has 0 spiro atoms. The summed E-state index contributed by atoms with van der Waals surface area (Å²) in [5.41, 5.74) is 13.6. The summed E-state index contributed by atoms with van der Waals surface area (Å²) >= 11 is 0.663. The van der Waals surface area contributed by atoms with E-state index in [9.17, 15) is 53.6 Å². The molecule has 6 aromatic rings. The lowest BCUT2D eigenvalue weighted by Crippen LogP contribution is -2.62. The van der Waals surface area contributed by atoms with E-state index in [1.54, 1.807) is 98.0 Å². The molecule has 3 fully saturated rings. The van der Waals surface area contributed by atoms with Crippen molar-refractivity contribution in [3.63, 3.8) is 0 Å². The van der Waals surface area contributed by atoms with Gasteiger partial charge in [-0.15, -0.1) is 11.8 Å². The number of carboxylic acids is 1. The summed E-state index contributed by atoms with van der Waals surface area (Å²) in [7, 11) is 4.95. The average Bonchev–Trinajstić information content (AvgIpc) is 1.64. The normalized spacial score (nSPS) is 24.4. The van der Waals surface area contributed by atoms with E-state index >= 15 is 51.9 Å². The molecule has 3 saturated heterocycles. The van der Waals surface area contributed by atoms with Crippen LogP contribution in [-0.4, -0.2) is 309 Å². The van der Waals surface area contributed by atoms with Gasteiger partial charge in [0, 0.05) is 109 Å². The molecule has 15 atom stereocenters. The topological polar surface area (TPSA) is 548 Å². The maximum atomic E-state index is 15.7. The zero-order valence-electron chi connectivity index (χ0n) is 74.9. The molecule has 0 aliphatic carbocycles. The molecule has 14 amide bonds. The number of methoxy groups -OCH3 is 1. The van der Waals surface area contributed by atoms with E-state index in [4.69, 9.17) is 20.9 Å². The van der Waals surface area contributed by atoms with Gasteiger partial charge < -0.3 is 119 Å². The Kier molecular flexibility index (Phi) is 38.9. The molecule has 38 nitrogen and oxygen atoms in total. The number of nitrogens with one attached hydrogen (secondary N) is 10. The molecule has 4 heterocycles. The van der Waals surface area contributed by atoms with E-state index < -0.39 is 247 Å². The number of halogens is 3. The summed E-state index contributed by atoms with van der Waals surface area (Å²) in [5.74, 6) is -23.5. The van der Waals surface area contributed by atoms with E-state index in [-0.39, 0.29) is 95.4 Å². The number of carbonyl (C=O) groups excluding carboxylic acids is 14. The fourth-order valence-corrected chi connectivity index (χ4v) is 16.8. The van der Waals surface area contributed by atoms with E-state index in [2.05, 4.69) is 52.8 Å². The summed E-state index contributed by atoms with van der Waals surface area (Å²) in [4.78, 5) is 233. The minimum Gasteiger partial charge on any atom is -0.508 e. The van der Waals surface area contributed by atoms with Crippen molar-refractivity contribution >= 4 is 111 Å². The van der Waals surface area contributed by atoms with Crippen molar-refractivity contribution in [2.45, 2.75) is 195 Å². The Hall–Kier alpha value is -12.6. The van der Waals surface area contributed by atoms with Crippen molar-refractivity contribution in [3.05, 3.63) is 173 Å². The second-order valence-corrected chi connectivity index (χ2v) is 34.5. The Balaban J connectivity index is 1.13. The first-order valence-electron chi connectivity index (χ1n) is 43.8. The van der Waals surface area contributed by atoms with E-state index in [0.717, 1.165) is 24.5 Å². The van der Waals surface area contributed by atoms with Gasteiger partial charge in [-0.2, -0.15) is 0 Å². The molecule has 9 rings (SSSR count). The number of aromatic hydroxyl groups is 1. The summed E-state index contributed by atoms with van der Waals surface area (Å²) in [5, 5.41) is 66.3. The Bertz CT molecular complexity index is 5060. The van der Waals surface area contributed by atoms with Crippen molar-refractivity contribution in [2.75, 3.05) is 79.2 Å². The van der Waals surface area contributed by atoms with Crippen LogP contribution in [0.15, 0.2) is 128 Å². The minimum absolute atomic E-state index is 0.0370. The van der Waals surface area contributed by atoms with Crippen molar-refractivity contribution in [1.82, 2.24) is 77.3 Å². The molecule has 720 valence electrons. The number of aromatic nitrogens is 1. The SMILES string of the molecule is CCCC[C@H]1C(=O)N2CCO[C@@H]2C(=O)N[C@@H](CC(=O)O)C(=O)N[C@@H](C(C)C)C(=O)N(C)C(Cc2ccccc2)C(=O)N[C@@H](CCCN)C(=O)N2C[C@H](O)C[C@@H]2C(=O)N[C@@H](Cc2c[nH]c3ccccc23)C(=O)N[C@@H](Cc2ccc(O)cc2)C(=O)N[C@@H](CCOC)C(=O)N[C@H](C(=O)NCC(N)O)CSCC(=O)N[C@@H](Cc2cc(F)c(F)c(F)c2)C(=O)N(C)[C@@H](Cc2ccccc2)C(=O)N1C. The number of aliphatic hydroxyl groups excluding tert-OH is 2. The largest absolute Gasteiger partial charge is 0.508 e. The number of hydrogen-bond acceptors (Lipinski definition) is 23. The molecule has 3 aliphatic heterocycles. The van der Waals surface area contributed by atoms with Gasteiger partial charge in [-0.3, -0.25) is 71.9 Å². The van der Waals surface area contributed by atoms with Crippen LogP contribution in [-0.2, 0) is 113 Å². The van der Waals surface area contributed by atoms with Gasteiger partial charge >= 0.3 is 5.97 Å². The van der Waals surface area contributed by atoms with Crippen LogP contribution in [0.4, 0.5) is 13.2 Å². The van der Waals surface area contributed by atoms with Crippen molar-refractivity contribution in [3.8, 4) is 5.75 Å². The van der Waals surface area contributed by atoms with Crippen molar-refractivity contribution in [2.24, 2.45) is 17.4 Å². The first-order chi connectivity index (χ1) is 63.4. The molecule has 1 aromatic heterocycles. The molecule has 0 saturated carbocycles. The summed E-state index contributed by atoms with van der Waals surface area (Å²) in [6, 6.07) is 9.95. The molecule has 42 heteroatoms. The van der Waals surface area contributed by atoms with Gasteiger partial charge in [0.15, 0.2) is 17.5 Å². The molecule has 133 heavy (non-hydrogen) atoms. The Labute approximate surface area is 770 Å². The monoisotopic (exact) mass is 1870 g/mol. The third-order valence-corrected chi connectivity index (χ3v) is 24.3. The first-order valence-corrected chi connectivity index (χ1v) is 44.9. The van der Waals surface area contributed by atoms with Crippen molar-refractivity contribution < 1.29 is 115 Å². The highest BCUT2D eigenvalue weighted by Crippen LogP contribution is 2.28. The van der Waals surface area contributed by atoms with Crippen LogP contribution < -0.4 is 59.3 Å². The van der Waals surface area contributed by atoms with Crippen LogP contribution in [0.25, 0.3) is 10.9 Å². The van der Waals surface area contributed by atoms with Crippen LogP contribution in [0, 0.1) is 23.4 Å². The molecule has 2 unspecified atom stereocenters. The van der Waals surface area contributed by atoms with Gasteiger partial charge in [0.25, 0.3) is 5.91 Å². The molecule has 0 radical (unpaired) electrons. The highest BCUT2D eigenvalue weighted by atomic mass is 32.2. The quantitative estimate of drug-likeness (QED) is 0.0255. The predicted molar refractivity (Wildman–Crippen MR) is 479 cm³/mol. The number of carbonyl (C=O) groups is 15. The number of thioether (sulfide) groups is 1. The third kappa shape index (κ3) is 29.0. The lowest BCUT2D eigenvalue weighted by Gasteiger charge is -2.37. The molecule has 18 N–H and O–H groups in total. The Morgan fingerprint density at radius 3 is 1.77 bits per heavy atom. The number of fused-ring (bicyclic) bond motifs is 3. The Morgan fingerprint density at radius 2 is 1.15 bits per heavy atom. The third-order valence-electron chi connectivity index (χ3n) is 23.2. The second-order valence-electron chi connectivity index (χ2n) is 33.4. The van der Waals surface area contributed by atoms with Crippen LogP contribution in [0.3, 0.4) is 0 Å². The zero-order chi connectivity index (χ0) is 97.0. The van der Waals surface area contributed by atoms with Crippen LogP contribution in [0.2, 0.25) is 0 Å². The molecule has 0 bridgehead atoms. The number of benzene rings is 5. The number of nitrogens with zero attached hydrogens (tertiary/aromatic N) is 5. The fourth-order valence-electron chi connectivity index (χ4n) is 15.9. The first kappa shape index (κ1) is 104. The number of amides is 14. The van der Waals surface area contributed by atoms with Crippen molar-refractivity contribution in [1.29, 1.82) is 0 Å². The molecule has 3 aliphatic rings. The van der Waals surface area contributed by atoms with Gasteiger partial charge in [0.1, 0.15) is 84.5 Å². The van der Waals surface area contributed by atoms with Crippen LogP contribution in [0.1, 0.15) is 100.0 Å². The van der Waals surface area contributed by atoms with Gasteiger partial charge in [-0.05, 0) is 96.3 Å². The predicted octanol–water partition coefficient (Wildman–Crippen LogP) is -0.453. The molecular formula is C91H118F3N17O21S. The number of rotatable bonds is 25. The number of H-pyrrole nitrogens is 1. The van der Waals surface area contributed by atoms with E-state index in [0.29, 0.717) is 63.5 Å². The number of nitrogens with two attached hydrogens (primary N) is 2. The van der Waals surface area contributed by atoms with E-state index in [1.165, 1.54) is 66.4 Å². The summed E-state index contributed by atoms with van der Waals surface area (Å²) in [6.45, 7) is 2.81. The standard InChI is InChI=1S/C91H118F3N17O21S/c1-8-9-26-69-89(129)110-33-35-132-91(110)85(125)104-66(44-75(116)117)82(122)106-77(50(2)3)90(130)108(5)70(40-51-19-12-10-13-20-51)83(123)101-63(25-18-32-95)87(127)111-47-57(113)43-71(111)84(124)103-65(42-55-45-97-61-24-17-16-23-58(55)61)81(121)102-64(38-53-27-29-56(112)30-28-53)80(120)100-62(31-34-131-7)79(119)105-68(78(118)98-46-73(96)114)48-133-49-74(115)99-67(39-54-36-59(92)76(94)60(93)37-54)86(126)109(6)72(88(128)107(69)4)41-52-21-14-11-15-22-52/h10-17,19-24,27-30,36-37,45,50,57,62-73,77,91,97,112-114H,8-9,18,25-26,31-35,38-44,46-49,95-96H2,1-7H3,(H,98,118)(H,99,115)(H,100,120)(H,101,123)(H,102,121)(H,103,124)(H,104,125)(H,105,119)(H,106,122)(H,116,117)/t57-,62+,63+,64+,65+,66+,67+,68+,69+,70?,71-,72+,73?,77+,91-/m1/s1. The summed E-state index contributed by atoms with van der Waals surface area (Å²) in [6.07, 6.45) is -6.87. The van der Waals surface area contributed by atoms with Gasteiger partial charge in [-0.25, -0.2) is 13.2 Å². The smallest absolute Gasteiger partial charge is 0.305 e. The highest BCUT2D eigenvalue weighted by molar-refractivity contribution is 8.00. The second kappa shape index (κ2) is 49.8. The van der Waals surface area contributed by atoms with Gasteiger partial charge in [0.2, 0.25) is 83.0 Å². The molecule has 5 aromatic carbocycles. The average molecular weight is 1880 g/mol. The number of aliphatic hydroxyl groups is 2. The number of phenolic OH excluding ortho intramolecular Hbond substituents is 1. The van der Waals surface area contributed by atoms with E-state index in [1.807, 2.05) is 0 Å². The number of phenols is 1. The number of carboxylic acid groups (broad SMARTS) is 1. The summed E-state index contributed by atoms with van der Waals surface area (Å²) < 4.78 is 56.3. The number of aliphatic carboxylic acids is 1. The number of ether oxygens (including phenoxy) is 2. The maximum Gasteiger partial charge on any atom is 0.305 e. The number of para-hydroxylation sites is 1. The minimum atomic E-state index is -2.03. The van der Waals surface area contributed by atoms with Gasteiger partial charge in [-0.1, -0.05) is 125 Å². The number of hydrogen-bond donors (Lipinski definition) is 16. The zero-order valence-corrected chi connectivity index (χ0v) is 75.7. The number of likely N-dealkylation sites (N-methyl/N-ethyl adjacent to an activating group) is 3. The maximum absolute atomic E-state index is 15.7. The molecular weight excluding hydrogens is 1760 g/mol. The lowest BCUT2D eigenvalue weighted by molar-refractivity contribution is -0.156. The fraction of sp³-hybridized carbons (Fsp3) is 0.484. The lowest BCUT2D eigenvalue weighted by atomic mass is 9.98. The Morgan fingerprint density at radius 1 is 0.586 bits per heavy atom. The van der Waals surface area contributed by atoms with Gasteiger partial charge in [0.05, 0.1) is 31.4 Å². The highest BCUT2D eigenvalue weighted by Gasteiger charge is 2.48. The number of aromatic amines is 1. The van der Waals surface area contributed by atoms with Crippen LogP contribution >= 0.6 is 11.8 Å². The number of unbranched alkanes of at least 4 members (excludes halogenated alkanes) is 1.